The Bertz CT molecular complexity index is 2310. The number of hydrogen-bond donors (Lipinski definition) is 6. The van der Waals surface area contributed by atoms with Crippen LogP contribution in [-0.2, 0) is 62.4 Å². The number of carbonyl (C=O) groups excluding carboxylic acids is 8. The van der Waals surface area contributed by atoms with Crippen molar-refractivity contribution in [2.24, 2.45) is 5.92 Å². The van der Waals surface area contributed by atoms with Gasteiger partial charge in [-0.15, -0.1) is 0 Å². The smallest absolute Gasteiger partial charge is 0.408 e. The number of hydrogen-bond acceptors (Lipinski definition) is 12. The first kappa shape index (κ1) is 59.4. The van der Waals surface area contributed by atoms with Crippen LogP contribution in [0.2, 0.25) is 0 Å². The van der Waals surface area contributed by atoms with Crippen molar-refractivity contribution in [2.45, 2.75) is 154 Å². The van der Waals surface area contributed by atoms with Crippen LogP contribution in [0.25, 0.3) is 0 Å². The first-order valence-corrected chi connectivity index (χ1v) is 25.3. The summed E-state index contributed by atoms with van der Waals surface area (Å²) in [7, 11) is 1.21. The third kappa shape index (κ3) is 20.7. The number of likely N-dealkylation sites (tertiary alicyclic amines) is 1. The molecule has 6 N–H and O–H groups in total. The van der Waals surface area contributed by atoms with Gasteiger partial charge < -0.3 is 55.7 Å². The fraction of sp³-hybridized carbons (Fsp3) is 0.527. The molecule has 0 spiro atoms. The van der Waals surface area contributed by atoms with Crippen molar-refractivity contribution in [2.75, 3.05) is 26.7 Å². The number of piperidine rings is 1. The van der Waals surface area contributed by atoms with E-state index in [2.05, 4.69) is 31.9 Å². The summed E-state index contributed by atoms with van der Waals surface area (Å²) in [6, 6.07) is 22.6. The Balaban J connectivity index is 1.56. The minimum atomic E-state index is -1.49. The summed E-state index contributed by atoms with van der Waals surface area (Å²) in [6.07, 6.45) is -1.13. The lowest BCUT2D eigenvalue weighted by atomic mass is 9.87. The highest BCUT2D eigenvalue weighted by Crippen LogP contribution is 2.26. The average Bonchev–Trinajstić information content (AvgIpc) is 3.33. The minimum absolute atomic E-state index is 0.00594. The second-order valence-electron chi connectivity index (χ2n) is 20.9. The zero-order valence-corrected chi connectivity index (χ0v) is 44.4. The topological polar surface area (TPSA) is 249 Å². The van der Waals surface area contributed by atoms with E-state index in [1.807, 2.05) is 68.4 Å². The first-order valence-electron chi connectivity index (χ1n) is 25.3. The molecule has 74 heavy (non-hydrogen) atoms. The largest absolute Gasteiger partial charge is 0.467 e. The maximum Gasteiger partial charge on any atom is 0.408 e. The van der Waals surface area contributed by atoms with Gasteiger partial charge in [-0.2, -0.15) is 0 Å². The highest BCUT2D eigenvalue weighted by molar-refractivity contribution is 5.96. The number of benzene rings is 3. The molecule has 19 nitrogen and oxygen atoms in total. The van der Waals surface area contributed by atoms with E-state index in [9.17, 15) is 38.4 Å². The number of amides is 7. The van der Waals surface area contributed by atoms with Crippen LogP contribution >= 0.6 is 0 Å². The molecule has 404 valence electrons. The van der Waals surface area contributed by atoms with Crippen LogP contribution in [0.5, 0.6) is 0 Å². The van der Waals surface area contributed by atoms with Crippen LogP contribution in [0.3, 0.4) is 0 Å². The van der Waals surface area contributed by atoms with Crippen LogP contribution < -0.4 is 31.9 Å². The Morgan fingerprint density at radius 1 is 0.581 bits per heavy atom. The lowest BCUT2D eigenvalue weighted by Gasteiger charge is -2.41. The molecular weight excluding hydrogens is 951 g/mol. The summed E-state index contributed by atoms with van der Waals surface area (Å²) in [4.78, 5) is 111. The molecule has 0 radical (unpaired) electrons. The van der Waals surface area contributed by atoms with Crippen molar-refractivity contribution in [3.05, 3.63) is 108 Å². The molecule has 1 saturated heterocycles. The highest BCUT2D eigenvalue weighted by atomic mass is 16.6. The number of methoxy groups -OCH3 is 1. The quantitative estimate of drug-likeness (QED) is 0.0363. The normalized spacial score (nSPS) is 14.9. The van der Waals surface area contributed by atoms with Gasteiger partial charge in [0.2, 0.25) is 23.6 Å². The van der Waals surface area contributed by atoms with E-state index in [1.165, 1.54) is 12.0 Å². The summed E-state index contributed by atoms with van der Waals surface area (Å²) in [5, 5.41) is 16.7. The molecule has 0 saturated carbocycles. The van der Waals surface area contributed by atoms with E-state index in [0.29, 0.717) is 18.4 Å². The minimum Gasteiger partial charge on any atom is -0.467 e. The summed E-state index contributed by atoms with van der Waals surface area (Å²) in [5.41, 5.74) is -0.917. The van der Waals surface area contributed by atoms with Crippen molar-refractivity contribution in [1.82, 2.24) is 36.8 Å². The Morgan fingerprint density at radius 2 is 1.04 bits per heavy atom. The van der Waals surface area contributed by atoms with Crippen molar-refractivity contribution in [3.8, 4) is 0 Å². The summed E-state index contributed by atoms with van der Waals surface area (Å²) < 4.78 is 21.3. The van der Waals surface area contributed by atoms with Gasteiger partial charge in [-0.25, -0.2) is 19.2 Å². The molecule has 3 aromatic rings. The molecule has 7 amide bonds. The highest BCUT2D eigenvalue weighted by Gasteiger charge is 2.46. The molecule has 0 unspecified atom stereocenters. The van der Waals surface area contributed by atoms with E-state index in [-0.39, 0.29) is 70.7 Å². The van der Waals surface area contributed by atoms with Gasteiger partial charge in [0.15, 0.2) is 0 Å². The van der Waals surface area contributed by atoms with Gasteiger partial charge in [0.1, 0.15) is 47.5 Å². The zero-order valence-electron chi connectivity index (χ0n) is 44.4. The van der Waals surface area contributed by atoms with Gasteiger partial charge >= 0.3 is 24.2 Å². The SMILES string of the molecule is COC(=O)C1(NC(=O)OC(C)(C)C)CCN(C(=O)[C@@H](CCCCNC(=O)OCc2ccccc2)NC(=O)[C@@H](CC(C)C)NC(=O)[C@@H](Cc2ccccc2)NC(=O)[C@@H](Cc2ccccc2)NC(=O)OC(C)(C)C)CC1. The third-order valence-corrected chi connectivity index (χ3v) is 11.8. The predicted octanol–water partition coefficient (Wildman–Crippen LogP) is 6.02. The van der Waals surface area contributed by atoms with E-state index >= 15 is 0 Å². The fourth-order valence-electron chi connectivity index (χ4n) is 8.19. The molecule has 19 heteroatoms. The molecule has 1 fully saturated rings. The lowest BCUT2D eigenvalue weighted by Crippen LogP contribution is -2.63. The molecular formula is C55H77N7O12. The Morgan fingerprint density at radius 3 is 1.54 bits per heavy atom. The van der Waals surface area contributed by atoms with Crippen LogP contribution in [0, 0.1) is 5.92 Å². The standard InChI is InChI=1S/C55H77N7O12/c1-37(2)33-42(58-46(64)43(34-38-21-13-10-14-22-38)59-47(65)44(35-39-23-15-11-16-24-39)60-51(69)73-53(3,4)5)45(63)57-41(27-19-20-30-56-50(68)72-36-40-25-17-12-18-26-40)48(66)62-31-28-55(29-32-62,49(67)71-9)61-52(70)74-54(6,7)8/h10-18,21-26,37,41-44H,19-20,27-36H2,1-9H3,(H,56,68)(H,57,63)(H,58,64)(H,59,65)(H,60,69)(H,61,70)/t41-,42-,43-,44-/m1/s1. The van der Waals surface area contributed by atoms with E-state index < -0.39 is 88.8 Å². The summed E-state index contributed by atoms with van der Waals surface area (Å²) >= 11 is 0. The van der Waals surface area contributed by atoms with Crippen LogP contribution in [0.4, 0.5) is 14.4 Å². The molecule has 4 rings (SSSR count). The van der Waals surface area contributed by atoms with E-state index in [1.54, 1.807) is 77.9 Å². The van der Waals surface area contributed by atoms with Gasteiger partial charge in [-0.3, -0.25) is 19.2 Å². The van der Waals surface area contributed by atoms with E-state index in [0.717, 1.165) is 11.1 Å². The lowest BCUT2D eigenvalue weighted by molar-refractivity contribution is -0.153. The molecule has 4 atom stereocenters. The molecule has 3 aromatic carbocycles. The van der Waals surface area contributed by atoms with E-state index in [4.69, 9.17) is 18.9 Å². The number of ether oxygens (including phenoxy) is 4. The van der Waals surface area contributed by atoms with Gasteiger partial charge in [0.25, 0.3) is 0 Å². The number of alkyl carbamates (subject to hydrolysis) is 3. The number of esters is 1. The Hall–Kier alpha value is -7.18. The molecule has 0 bridgehead atoms. The maximum atomic E-state index is 14.6. The van der Waals surface area contributed by atoms with Gasteiger partial charge in [-0.1, -0.05) is 105 Å². The summed E-state index contributed by atoms with van der Waals surface area (Å²) in [5.74, 6) is -3.29. The molecule has 1 heterocycles. The first-order chi connectivity index (χ1) is 35.0. The summed E-state index contributed by atoms with van der Waals surface area (Å²) in [6.45, 7) is 14.2. The predicted molar refractivity (Wildman–Crippen MR) is 277 cm³/mol. The number of carbonyl (C=O) groups is 8. The molecule has 1 aliphatic heterocycles. The number of rotatable bonds is 23. The number of unbranched alkanes of at least 4 members (excludes halogenated alkanes) is 1. The van der Waals surface area contributed by atoms with Crippen LogP contribution in [0.15, 0.2) is 91.0 Å². The average molecular weight is 1030 g/mol. The second-order valence-corrected chi connectivity index (χ2v) is 20.9. The fourth-order valence-corrected chi connectivity index (χ4v) is 8.19. The second kappa shape index (κ2) is 28.3. The number of nitrogens with zero attached hydrogens (tertiary/aromatic N) is 1. The van der Waals surface area contributed by atoms with Crippen molar-refractivity contribution < 1.29 is 57.3 Å². The van der Waals surface area contributed by atoms with Crippen molar-refractivity contribution in [1.29, 1.82) is 0 Å². The van der Waals surface area contributed by atoms with Crippen molar-refractivity contribution in [3.63, 3.8) is 0 Å². The van der Waals surface area contributed by atoms with Gasteiger partial charge in [-0.05, 0) is 103 Å². The maximum absolute atomic E-state index is 14.6. The Labute approximate surface area is 435 Å². The number of nitrogens with one attached hydrogen (secondary N) is 6. The molecule has 0 aromatic heterocycles. The van der Waals surface area contributed by atoms with Gasteiger partial charge in [0, 0.05) is 32.5 Å². The molecule has 0 aliphatic carbocycles. The zero-order chi connectivity index (χ0) is 54.5. The van der Waals surface area contributed by atoms with Crippen LogP contribution in [-0.4, -0.2) is 120 Å². The van der Waals surface area contributed by atoms with Gasteiger partial charge in [0.05, 0.1) is 7.11 Å². The third-order valence-electron chi connectivity index (χ3n) is 11.8. The molecule has 1 aliphatic rings. The van der Waals surface area contributed by atoms with Crippen molar-refractivity contribution >= 4 is 47.9 Å². The van der Waals surface area contributed by atoms with Crippen LogP contribution in [0.1, 0.15) is 111 Å². The monoisotopic (exact) mass is 1030 g/mol. The Kier molecular flexibility index (Phi) is 22.7.